The highest BCUT2D eigenvalue weighted by Gasteiger charge is 2.23. The summed E-state index contributed by atoms with van der Waals surface area (Å²) in [5, 5.41) is 12.6. The number of nitrogens with one attached hydrogen (secondary N) is 1. The molecule has 9 nitrogen and oxygen atoms in total. The van der Waals surface area contributed by atoms with Crippen molar-refractivity contribution in [2.75, 3.05) is 26.4 Å². The van der Waals surface area contributed by atoms with Crippen molar-refractivity contribution in [3.8, 4) is 0 Å². The first kappa shape index (κ1) is 49.7. The molecule has 0 aromatic heterocycles. The number of allylic oxidation sites excluding steroid dienone is 10. The van der Waals surface area contributed by atoms with E-state index in [1.165, 1.54) is 51.4 Å². The van der Waals surface area contributed by atoms with Crippen molar-refractivity contribution in [1.29, 1.82) is 0 Å². The molecule has 3 N–H and O–H groups in total. The van der Waals surface area contributed by atoms with E-state index in [0.29, 0.717) is 6.42 Å². The highest BCUT2D eigenvalue weighted by atomic mass is 31.2. The van der Waals surface area contributed by atoms with Gasteiger partial charge < -0.3 is 20.1 Å². The Balaban J connectivity index is 3.70. The second-order valence-corrected chi connectivity index (χ2v) is 14.7. The second-order valence-electron chi connectivity index (χ2n) is 13.2. The Morgan fingerprint density at radius 1 is 0.596 bits per heavy atom. The summed E-state index contributed by atoms with van der Waals surface area (Å²) in [6.07, 6.45) is 44.3. The Morgan fingerprint density at radius 3 is 1.60 bits per heavy atom. The van der Waals surface area contributed by atoms with E-state index in [1.807, 2.05) is 0 Å². The zero-order valence-corrected chi connectivity index (χ0v) is 33.6. The van der Waals surface area contributed by atoms with Crippen LogP contribution in [0.2, 0.25) is 0 Å². The lowest BCUT2D eigenvalue weighted by Gasteiger charge is -2.15. The summed E-state index contributed by atoms with van der Waals surface area (Å²) in [4.78, 5) is 33.8. The number of hydrogen-bond acceptors (Lipinski definition) is 7. The van der Waals surface area contributed by atoms with Crippen LogP contribution in [0.3, 0.4) is 0 Å². The van der Waals surface area contributed by atoms with Gasteiger partial charge in [-0.3, -0.25) is 18.6 Å². The number of phosphoric ester groups is 1. The van der Waals surface area contributed by atoms with E-state index in [1.54, 1.807) is 0 Å². The predicted octanol–water partition coefficient (Wildman–Crippen LogP) is 10.9. The average Bonchev–Trinajstić information content (AvgIpc) is 3.13. The van der Waals surface area contributed by atoms with Gasteiger partial charge in [0.1, 0.15) is 12.7 Å². The number of carbonyl (C=O) groups is 2. The Bertz CT molecular complexity index is 1040. The number of rotatable bonds is 37. The summed E-state index contributed by atoms with van der Waals surface area (Å²) >= 11 is 0. The molecule has 0 spiro atoms. The van der Waals surface area contributed by atoms with E-state index in [-0.39, 0.29) is 32.1 Å². The number of phosphoric acid groups is 1. The van der Waals surface area contributed by atoms with Gasteiger partial charge in [-0.25, -0.2) is 4.57 Å². The summed E-state index contributed by atoms with van der Waals surface area (Å²) < 4.78 is 26.8. The summed E-state index contributed by atoms with van der Waals surface area (Å²) in [6, 6.07) is 0. The van der Waals surface area contributed by atoms with Gasteiger partial charge in [-0.15, -0.1) is 0 Å². The van der Waals surface area contributed by atoms with Crippen LogP contribution in [0.25, 0.3) is 0 Å². The minimum atomic E-state index is -4.43. The van der Waals surface area contributed by atoms with E-state index in [9.17, 15) is 24.2 Å². The fourth-order valence-corrected chi connectivity index (χ4v) is 5.82. The van der Waals surface area contributed by atoms with Crippen LogP contribution in [-0.4, -0.2) is 54.3 Å². The average molecular weight is 752 g/mol. The molecule has 300 valence electrons. The Labute approximate surface area is 317 Å². The van der Waals surface area contributed by atoms with Crippen LogP contribution >= 0.6 is 7.82 Å². The van der Waals surface area contributed by atoms with Crippen LogP contribution < -0.4 is 5.32 Å². The molecule has 0 saturated carbocycles. The molecule has 0 aromatic carbocycles. The topological polar surface area (TPSA) is 131 Å². The molecule has 0 heterocycles. The first-order chi connectivity index (χ1) is 25.3. The second kappa shape index (κ2) is 38.4. The zero-order valence-electron chi connectivity index (χ0n) is 32.7. The van der Waals surface area contributed by atoms with Gasteiger partial charge in [0.05, 0.1) is 13.2 Å². The van der Waals surface area contributed by atoms with Crippen LogP contribution in [-0.2, 0) is 27.9 Å². The maximum Gasteiger partial charge on any atom is 0.472 e. The maximum atomic E-state index is 12.1. The Morgan fingerprint density at radius 2 is 1.04 bits per heavy atom. The highest BCUT2D eigenvalue weighted by Crippen LogP contribution is 2.42. The zero-order chi connectivity index (χ0) is 38.2. The van der Waals surface area contributed by atoms with Crippen LogP contribution in [0.4, 0.5) is 0 Å². The lowest BCUT2D eigenvalue weighted by Crippen LogP contribution is -2.27. The van der Waals surface area contributed by atoms with E-state index in [4.69, 9.17) is 13.8 Å². The third-order valence-electron chi connectivity index (χ3n) is 8.17. The minimum Gasteiger partial charge on any atom is -0.463 e. The van der Waals surface area contributed by atoms with Gasteiger partial charge in [0.2, 0.25) is 5.91 Å². The molecular weight excluding hydrogens is 677 g/mol. The summed E-state index contributed by atoms with van der Waals surface area (Å²) in [5.41, 5.74) is 0. The molecule has 0 saturated heterocycles. The number of ether oxygens (including phenoxy) is 1. The van der Waals surface area contributed by atoms with Crippen molar-refractivity contribution in [3.05, 3.63) is 60.8 Å². The monoisotopic (exact) mass is 752 g/mol. The molecule has 0 rings (SSSR count). The van der Waals surface area contributed by atoms with Crippen molar-refractivity contribution < 1.29 is 37.9 Å². The third-order valence-corrected chi connectivity index (χ3v) is 9.15. The normalized spacial score (nSPS) is 14.0. The van der Waals surface area contributed by atoms with E-state index >= 15 is 0 Å². The number of hydrogen-bond donors (Lipinski definition) is 3. The molecule has 0 radical (unpaired) electrons. The molecule has 1 amide bonds. The number of aliphatic hydroxyl groups is 1. The number of carbonyl (C=O) groups excluding carboxylic acids is 2. The molecule has 52 heavy (non-hydrogen) atoms. The molecule has 0 aromatic rings. The van der Waals surface area contributed by atoms with Gasteiger partial charge in [0.25, 0.3) is 0 Å². The standard InChI is InChI=1S/C42H74NO8P/c1-3-5-7-9-11-13-15-17-18-19-20-21-22-23-24-26-28-30-32-34-41(45)43-36-37-50-52(47,48)51-39-40(44)38-49-42(46)35-33-31-29-27-25-16-14-12-10-8-6-4-2/h11-14,17-18,20-21,23-24,40,44H,3-10,15-16,19,22,25-39H2,1-2H3,(H,43,45)(H,47,48)/b13-11-,14-12-,18-17-,21-20-,24-23-. The molecule has 0 bridgehead atoms. The maximum absolute atomic E-state index is 12.1. The first-order valence-electron chi connectivity index (χ1n) is 20.3. The van der Waals surface area contributed by atoms with Gasteiger partial charge >= 0.3 is 13.8 Å². The smallest absolute Gasteiger partial charge is 0.463 e. The van der Waals surface area contributed by atoms with Gasteiger partial charge in [-0.1, -0.05) is 126 Å². The summed E-state index contributed by atoms with van der Waals surface area (Å²) in [7, 11) is -4.43. The number of amides is 1. The largest absolute Gasteiger partial charge is 0.472 e. The van der Waals surface area contributed by atoms with Crippen LogP contribution in [0.15, 0.2) is 60.8 Å². The Kier molecular flexibility index (Phi) is 36.7. The van der Waals surface area contributed by atoms with E-state index in [0.717, 1.165) is 83.5 Å². The van der Waals surface area contributed by atoms with Crippen LogP contribution in [0, 0.1) is 0 Å². The molecule has 0 aliphatic rings. The number of esters is 1. The van der Waals surface area contributed by atoms with Crippen molar-refractivity contribution in [3.63, 3.8) is 0 Å². The van der Waals surface area contributed by atoms with Gasteiger partial charge in [0, 0.05) is 19.4 Å². The van der Waals surface area contributed by atoms with Crippen molar-refractivity contribution in [2.24, 2.45) is 0 Å². The van der Waals surface area contributed by atoms with Crippen molar-refractivity contribution in [1.82, 2.24) is 5.32 Å². The van der Waals surface area contributed by atoms with E-state index in [2.05, 4.69) is 79.9 Å². The quantitative estimate of drug-likeness (QED) is 0.0247. The molecule has 0 aliphatic heterocycles. The lowest BCUT2D eigenvalue weighted by molar-refractivity contribution is -0.147. The van der Waals surface area contributed by atoms with Crippen LogP contribution in [0.1, 0.15) is 162 Å². The molecule has 10 heteroatoms. The molecular formula is C42H74NO8P. The summed E-state index contributed by atoms with van der Waals surface area (Å²) in [6.45, 7) is 3.43. The fourth-order valence-electron chi connectivity index (χ4n) is 5.06. The number of unbranched alkanes of at least 4 members (excludes halogenated alkanes) is 14. The molecule has 2 atom stereocenters. The van der Waals surface area contributed by atoms with Gasteiger partial charge in [-0.2, -0.15) is 0 Å². The highest BCUT2D eigenvalue weighted by molar-refractivity contribution is 7.47. The molecule has 0 aliphatic carbocycles. The number of aliphatic hydroxyl groups excluding tert-OH is 1. The van der Waals surface area contributed by atoms with E-state index < -0.39 is 26.5 Å². The van der Waals surface area contributed by atoms with Crippen LogP contribution in [0.5, 0.6) is 0 Å². The molecule has 0 fully saturated rings. The summed E-state index contributed by atoms with van der Waals surface area (Å²) in [5.74, 6) is -0.562. The molecule has 2 unspecified atom stereocenters. The fraction of sp³-hybridized carbons (Fsp3) is 0.714. The lowest BCUT2D eigenvalue weighted by atomic mass is 10.1. The minimum absolute atomic E-state index is 0.0608. The predicted molar refractivity (Wildman–Crippen MR) is 215 cm³/mol. The van der Waals surface area contributed by atoms with Gasteiger partial charge in [-0.05, 0) is 83.5 Å². The van der Waals surface area contributed by atoms with Gasteiger partial charge in [0.15, 0.2) is 0 Å². The first-order valence-corrected chi connectivity index (χ1v) is 21.8. The van der Waals surface area contributed by atoms with Crippen molar-refractivity contribution in [2.45, 2.75) is 168 Å². The SMILES string of the molecule is CCCCC/C=C\C/C=C\C/C=C\C/C=C\CCCCCC(=O)NCCOP(=O)(O)OCC(O)COC(=O)CCCCCCC/C=C\CCCCC. The Hall–Kier alpha value is -2.29. The van der Waals surface area contributed by atoms with Crippen molar-refractivity contribution >= 4 is 19.7 Å². The third kappa shape index (κ3) is 38.9.